The van der Waals surface area contributed by atoms with Crippen LogP contribution in [0.3, 0.4) is 0 Å². The number of nitrogens with zero attached hydrogens (tertiary/aromatic N) is 2. The number of fused-ring (bicyclic) bond motifs is 1. The maximum Gasteiger partial charge on any atom is 0.244 e. The van der Waals surface area contributed by atoms with Crippen LogP contribution in [0.15, 0.2) is 24.3 Å². The molecule has 4 nitrogen and oxygen atoms in total. The lowest BCUT2D eigenvalue weighted by atomic mass is 10.2. The molecule has 0 radical (unpaired) electrons. The van der Waals surface area contributed by atoms with Crippen LogP contribution in [0.2, 0.25) is 0 Å². The molecule has 88 valence electrons. The number of aldehydes is 1. The number of aromatic nitrogens is 2. The lowest BCUT2D eigenvalue weighted by molar-refractivity contribution is 0.107. The molecule has 0 atom stereocenters. The fourth-order valence-electron chi connectivity index (χ4n) is 1.44. The van der Waals surface area contributed by atoms with Gasteiger partial charge in [0.25, 0.3) is 0 Å². The van der Waals surface area contributed by atoms with E-state index in [0.29, 0.717) is 11.8 Å². The summed E-state index contributed by atoms with van der Waals surface area (Å²) < 4.78 is 5.63. The Bertz CT molecular complexity index is 559. The van der Waals surface area contributed by atoms with E-state index in [0.717, 1.165) is 5.52 Å². The molecule has 1 aromatic carbocycles. The van der Waals surface area contributed by atoms with Crippen LogP contribution in [0.4, 0.5) is 0 Å². The largest absolute Gasteiger partial charge is 0.470 e. The van der Waals surface area contributed by atoms with Gasteiger partial charge in [-0.15, -0.1) is 0 Å². The third-order valence-corrected chi connectivity index (χ3v) is 2.08. The second-order valence-electron chi connectivity index (χ2n) is 4.73. The van der Waals surface area contributed by atoms with Crippen molar-refractivity contribution in [2.75, 3.05) is 0 Å². The fourth-order valence-corrected chi connectivity index (χ4v) is 1.44. The first-order valence-corrected chi connectivity index (χ1v) is 5.40. The SMILES string of the molecule is CC(C)(C)Oc1nc2ccccc2nc1C=O. The molecule has 0 aliphatic rings. The first-order chi connectivity index (χ1) is 7.99. The smallest absolute Gasteiger partial charge is 0.244 e. The molecule has 0 aliphatic carbocycles. The van der Waals surface area contributed by atoms with Gasteiger partial charge in [0.2, 0.25) is 5.88 Å². The van der Waals surface area contributed by atoms with Crippen molar-refractivity contribution in [2.24, 2.45) is 0 Å². The fraction of sp³-hybridized carbons (Fsp3) is 0.308. The van der Waals surface area contributed by atoms with Crippen LogP contribution < -0.4 is 4.74 Å². The minimum atomic E-state index is -0.408. The predicted molar refractivity (Wildman–Crippen MR) is 65.3 cm³/mol. The van der Waals surface area contributed by atoms with E-state index >= 15 is 0 Å². The molecular weight excluding hydrogens is 216 g/mol. The van der Waals surface area contributed by atoms with E-state index in [2.05, 4.69) is 9.97 Å². The van der Waals surface area contributed by atoms with Crippen molar-refractivity contribution in [3.05, 3.63) is 30.0 Å². The van der Waals surface area contributed by atoms with Crippen molar-refractivity contribution in [1.29, 1.82) is 0 Å². The van der Waals surface area contributed by atoms with E-state index < -0.39 is 5.60 Å². The molecule has 2 rings (SSSR count). The Kier molecular flexibility index (Phi) is 2.79. The van der Waals surface area contributed by atoms with Gasteiger partial charge in [-0.1, -0.05) is 12.1 Å². The summed E-state index contributed by atoms with van der Waals surface area (Å²) >= 11 is 0. The van der Waals surface area contributed by atoms with Gasteiger partial charge < -0.3 is 4.74 Å². The zero-order chi connectivity index (χ0) is 12.5. The molecule has 0 unspecified atom stereocenters. The van der Waals surface area contributed by atoms with Crippen molar-refractivity contribution in [2.45, 2.75) is 26.4 Å². The highest BCUT2D eigenvalue weighted by molar-refractivity contribution is 5.82. The van der Waals surface area contributed by atoms with Gasteiger partial charge in [0.15, 0.2) is 12.0 Å². The van der Waals surface area contributed by atoms with Crippen LogP contribution in [0.25, 0.3) is 11.0 Å². The summed E-state index contributed by atoms with van der Waals surface area (Å²) in [6.07, 6.45) is 0.667. The maximum atomic E-state index is 11.0. The van der Waals surface area contributed by atoms with Gasteiger partial charge in [-0.25, -0.2) is 9.97 Å². The summed E-state index contributed by atoms with van der Waals surface area (Å²) in [7, 11) is 0. The summed E-state index contributed by atoms with van der Waals surface area (Å²) in [6, 6.07) is 7.39. The van der Waals surface area contributed by atoms with E-state index in [4.69, 9.17) is 4.74 Å². The van der Waals surface area contributed by atoms with E-state index in [-0.39, 0.29) is 11.6 Å². The van der Waals surface area contributed by atoms with Crippen LogP contribution in [0.5, 0.6) is 5.88 Å². The number of ether oxygens (including phenoxy) is 1. The summed E-state index contributed by atoms with van der Waals surface area (Å²) in [6.45, 7) is 5.70. The molecular formula is C13H14N2O2. The van der Waals surface area contributed by atoms with Crippen molar-refractivity contribution < 1.29 is 9.53 Å². The number of rotatable bonds is 2. The molecule has 17 heavy (non-hydrogen) atoms. The monoisotopic (exact) mass is 230 g/mol. The molecule has 1 aromatic heterocycles. The summed E-state index contributed by atoms with van der Waals surface area (Å²) in [4.78, 5) is 19.5. The lowest BCUT2D eigenvalue weighted by Gasteiger charge is -2.21. The average Bonchev–Trinajstić information content (AvgIpc) is 2.26. The van der Waals surface area contributed by atoms with E-state index in [1.165, 1.54) is 0 Å². The first kappa shape index (κ1) is 11.5. The second-order valence-corrected chi connectivity index (χ2v) is 4.73. The van der Waals surface area contributed by atoms with Crippen LogP contribution in [0, 0.1) is 0 Å². The van der Waals surface area contributed by atoms with Gasteiger partial charge in [0.05, 0.1) is 11.0 Å². The maximum absolute atomic E-state index is 11.0. The van der Waals surface area contributed by atoms with Crippen molar-refractivity contribution in [3.63, 3.8) is 0 Å². The second kappa shape index (κ2) is 4.13. The number of carbonyl (C=O) groups excluding carboxylic acids is 1. The molecule has 0 spiro atoms. The molecule has 4 heteroatoms. The Morgan fingerprint density at radius 3 is 2.24 bits per heavy atom. The summed E-state index contributed by atoms with van der Waals surface area (Å²) in [5.41, 5.74) is 1.24. The zero-order valence-corrected chi connectivity index (χ0v) is 10.1. The van der Waals surface area contributed by atoms with E-state index in [9.17, 15) is 4.79 Å². The van der Waals surface area contributed by atoms with Crippen LogP contribution in [0.1, 0.15) is 31.3 Å². The highest BCUT2D eigenvalue weighted by Gasteiger charge is 2.17. The first-order valence-electron chi connectivity index (χ1n) is 5.40. The molecule has 0 bridgehead atoms. The zero-order valence-electron chi connectivity index (χ0n) is 10.1. The number of para-hydroxylation sites is 2. The standard InChI is InChI=1S/C13H14N2O2/c1-13(2,3)17-12-11(8-16)14-9-6-4-5-7-10(9)15-12/h4-8H,1-3H3. The Balaban J connectivity index is 2.57. The topological polar surface area (TPSA) is 52.1 Å². The highest BCUT2D eigenvalue weighted by atomic mass is 16.5. The Morgan fingerprint density at radius 1 is 1.12 bits per heavy atom. The molecule has 0 N–H and O–H groups in total. The van der Waals surface area contributed by atoms with Crippen molar-refractivity contribution in [3.8, 4) is 5.88 Å². The minimum absolute atomic E-state index is 0.235. The van der Waals surface area contributed by atoms with Crippen LogP contribution in [-0.4, -0.2) is 21.9 Å². The molecule has 0 fully saturated rings. The van der Waals surface area contributed by atoms with Gasteiger partial charge in [0, 0.05) is 0 Å². The Labute approximate surface area is 99.7 Å². The summed E-state index contributed by atoms with van der Waals surface area (Å²) in [5, 5.41) is 0. The molecule has 0 amide bonds. The van der Waals surface area contributed by atoms with Crippen molar-refractivity contribution >= 4 is 17.3 Å². The summed E-state index contributed by atoms with van der Waals surface area (Å²) in [5.74, 6) is 0.284. The van der Waals surface area contributed by atoms with Crippen molar-refractivity contribution in [1.82, 2.24) is 9.97 Å². The molecule has 2 aromatic rings. The number of hydrogen-bond acceptors (Lipinski definition) is 4. The average molecular weight is 230 g/mol. The number of hydrogen-bond donors (Lipinski definition) is 0. The van der Waals surface area contributed by atoms with E-state index in [1.807, 2.05) is 45.0 Å². The molecule has 0 aliphatic heterocycles. The normalized spacial score (nSPS) is 11.5. The molecule has 0 saturated heterocycles. The minimum Gasteiger partial charge on any atom is -0.470 e. The molecule has 0 saturated carbocycles. The number of benzene rings is 1. The van der Waals surface area contributed by atoms with E-state index in [1.54, 1.807) is 0 Å². The highest BCUT2D eigenvalue weighted by Crippen LogP contribution is 2.21. The number of carbonyl (C=O) groups is 1. The third-order valence-electron chi connectivity index (χ3n) is 2.08. The van der Waals surface area contributed by atoms with Crippen LogP contribution >= 0.6 is 0 Å². The molecule has 1 heterocycles. The van der Waals surface area contributed by atoms with Gasteiger partial charge in [-0.2, -0.15) is 0 Å². The van der Waals surface area contributed by atoms with Crippen LogP contribution in [-0.2, 0) is 0 Å². The lowest BCUT2D eigenvalue weighted by Crippen LogP contribution is -2.24. The van der Waals surface area contributed by atoms with Gasteiger partial charge in [-0.05, 0) is 32.9 Å². The Hall–Kier alpha value is -1.97. The third kappa shape index (κ3) is 2.58. The predicted octanol–water partition coefficient (Wildman–Crippen LogP) is 2.62. The van der Waals surface area contributed by atoms with Gasteiger partial charge >= 0.3 is 0 Å². The van der Waals surface area contributed by atoms with Gasteiger partial charge in [0.1, 0.15) is 5.60 Å². The van der Waals surface area contributed by atoms with Gasteiger partial charge in [-0.3, -0.25) is 4.79 Å². The quantitative estimate of drug-likeness (QED) is 0.744. The Morgan fingerprint density at radius 2 is 1.71 bits per heavy atom.